The summed E-state index contributed by atoms with van der Waals surface area (Å²) in [5.41, 5.74) is 1.05. The molecule has 0 aliphatic rings. The van der Waals surface area contributed by atoms with E-state index in [9.17, 15) is 18.0 Å². The number of benzene rings is 1. The van der Waals surface area contributed by atoms with Gasteiger partial charge < -0.3 is 9.47 Å². The summed E-state index contributed by atoms with van der Waals surface area (Å²) < 4.78 is 41.2. The van der Waals surface area contributed by atoms with Gasteiger partial charge in [0.2, 0.25) is 5.91 Å². The molecule has 0 saturated heterocycles. The molecular weight excluding hydrogens is 425 g/mol. The minimum atomic E-state index is -4.36. The van der Waals surface area contributed by atoms with Crippen molar-refractivity contribution >= 4 is 5.91 Å². The highest BCUT2D eigenvalue weighted by Crippen LogP contribution is 2.30. The molecule has 1 aromatic heterocycles. The van der Waals surface area contributed by atoms with Crippen LogP contribution in [-0.2, 0) is 24.1 Å². The highest BCUT2D eigenvalue weighted by Gasteiger charge is 2.30. The van der Waals surface area contributed by atoms with Crippen molar-refractivity contribution in [2.24, 2.45) is 11.3 Å². The van der Waals surface area contributed by atoms with E-state index in [1.54, 1.807) is 6.07 Å². The monoisotopic (exact) mass is 464 g/mol. The van der Waals surface area contributed by atoms with E-state index in [0.29, 0.717) is 37.5 Å². The highest BCUT2D eigenvalue weighted by molar-refractivity contribution is 5.76. The SMILES string of the molecule is CCCCCN(Cc1cccn1Cc1cccc(C(F)(F)F)c1)C(=O)CC(C)CC(C)(C)C. The van der Waals surface area contributed by atoms with Crippen molar-refractivity contribution in [3.8, 4) is 0 Å². The van der Waals surface area contributed by atoms with Crippen LogP contribution in [0.3, 0.4) is 0 Å². The molecule has 1 aromatic carbocycles. The summed E-state index contributed by atoms with van der Waals surface area (Å²) in [6.07, 6.45) is 2.09. The Labute approximate surface area is 197 Å². The molecule has 0 spiro atoms. The number of halogens is 3. The number of hydrogen-bond donors (Lipinski definition) is 0. The maximum Gasteiger partial charge on any atom is 0.416 e. The van der Waals surface area contributed by atoms with Crippen LogP contribution in [0.2, 0.25) is 0 Å². The number of rotatable bonds is 11. The molecule has 0 aliphatic carbocycles. The molecule has 184 valence electrons. The Kier molecular flexibility index (Phi) is 9.62. The van der Waals surface area contributed by atoms with Crippen LogP contribution in [0.4, 0.5) is 13.2 Å². The Bertz CT molecular complexity index is 880. The third kappa shape index (κ3) is 9.26. The number of unbranched alkanes of at least 4 members (excludes halogenated alkanes) is 2. The Balaban J connectivity index is 2.14. The molecule has 0 radical (unpaired) electrons. The van der Waals surface area contributed by atoms with Crippen LogP contribution in [0.25, 0.3) is 0 Å². The Morgan fingerprint density at radius 2 is 1.82 bits per heavy atom. The fourth-order valence-corrected chi connectivity index (χ4v) is 4.37. The first-order chi connectivity index (χ1) is 15.4. The fraction of sp³-hybridized carbons (Fsp3) is 0.593. The van der Waals surface area contributed by atoms with Crippen LogP contribution in [0.1, 0.15) is 83.5 Å². The molecule has 1 unspecified atom stereocenters. The first kappa shape index (κ1) is 27.0. The fourth-order valence-electron chi connectivity index (χ4n) is 4.37. The largest absolute Gasteiger partial charge is 0.416 e. The van der Waals surface area contributed by atoms with Crippen molar-refractivity contribution in [2.45, 2.75) is 86.0 Å². The Morgan fingerprint density at radius 3 is 2.45 bits per heavy atom. The zero-order valence-electron chi connectivity index (χ0n) is 20.7. The number of amides is 1. The third-order valence-electron chi connectivity index (χ3n) is 5.75. The zero-order valence-corrected chi connectivity index (χ0v) is 20.7. The van der Waals surface area contributed by atoms with Gasteiger partial charge in [0.05, 0.1) is 12.1 Å². The zero-order chi connectivity index (χ0) is 24.6. The lowest BCUT2D eigenvalue weighted by atomic mass is 9.84. The number of aromatic nitrogens is 1. The molecule has 0 fully saturated rings. The van der Waals surface area contributed by atoms with E-state index in [-0.39, 0.29) is 11.3 Å². The summed E-state index contributed by atoms with van der Waals surface area (Å²) >= 11 is 0. The van der Waals surface area contributed by atoms with Crippen molar-refractivity contribution in [3.05, 3.63) is 59.4 Å². The molecule has 2 rings (SSSR count). The van der Waals surface area contributed by atoms with Gasteiger partial charge in [-0.15, -0.1) is 0 Å². The van der Waals surface area contributed by atoms with Gasteiger partial charge in [0.15, 0.2) is 0 Å². The summed E-state index contributed by atoms with van der Waals surface area (Å²) in [7, 11) is 0. The van der Waals surface area contributed by atoms with Crippen molar-refractivity contribution in [1.29, 1.82) is 0 Å². The lowest BCUT2D eigenvalue weighted by Gasteiger charge is -2.27. The average Bonchev–Trinajstić information content (AvgIpc) is 3.12. The van der Waals surface area contributed by atoms with Gasteiger partial charge in [-0.05, 0) is 54.0 Å². The maximum absolute atomic E-state index is 13.2. The number of carbonyl (C=O) groups excluding carboxylic acids is 1. The van der Waals surface area contributed by atoms with E-state index in [0.717, 1.165) is 37.4 Å². The number of carbonyl (C=O) groups is 1. The molecule has 0 saturated carbocycles. The molecular formula is C27H39F3N2O. The van der Waals surface area contributed by atoms with Gasteiger partial charge in [-0.1, -0.05) is 59.6 Å². The Morgan fingerprint density at radius 1 is 1.09 bits per heavy atom. The summed E-state index contributed by atoms with van der Waals surface area (Å²) in [4.78, 5) is 15.1. The van der Waals surface area contributed by atoms with Gasteiger partial charge in [-0.2, -0.15) is 13.2 Å². The molecule has 0 N–H and O–H groups in total. The van der Waals surface area contributed by atoms with Crippen molar-refractivity contribution in [1.82, 2.24) is 9.47 Å². The molecule has 33 heavy (non-hydrogen) atoms. The van der Waals surface area contributed by atoms with Crippen LogP contribution in [-0.4, -0.2) is 21.9 Å². The van der Waals surface area contributed by atoms with Gasteiger partial charge in [0.25, 0.3) is 0 Å². The standard InChI is InChI=1S/C27H39F3N2O/c1-6-7-8-14-32(25(33)16-21(2)18-26(3,4)5)20-24-13-10-15-31(24)19-22-11-9-12-23(17-22)27(28,29)30/h9-13,15,17,21H,6-8,14,16,18-20H2,1-5H3. The second-order valence-corrected chi connectivity index (χ2v) is 10.4. The molecule has 6 heteroatoms. The van der Waals surface area contributed by atoms with E-state index >= 15 is 0 Å². The predicted molar refractivity (Wildman–Crippen MR) is 128 cm³/mol. The molecule has 1 atom stereocenters. The first-order valence-corrected chi connectivity index (χ1v) is 12.0. The van der Waals surface area contributed by atoms with Gasteiger partial charge >= 0.3 is 6.18 Å². The quantitative estimate of drug-likeness (QED) is 0.315. The van der Waals surface area contributed by atoms with Crippen LogP contribution in [0.15, 0.2) is 42.6 Å². The molecule has 3 nitrogen and oxygen atoms in total. The van der Waals surface area contributed by atoms with Crippen molar-refractivity contribution < 1.29 is 18.0 Å². The second kappa shape index (κ2) is 11.8. The van der Waals surface area contributed by atoms with E-state index in [2.05, 4.69) is 34.6 Å². The molecule has 2 aromatic rings. The molecule has 1 heterocycles. The summed E-state index contributed by atoms with van der Waals surface area (Å²) in [5.74, 6) is 0.442. The van der Waals surface area contributed by atoms with E-state index in [1.807, 2.05) is 27.8 Å². The van der Waals surface area contributed by atoms with E-state index < -0.39 is 11.7 Å². The Hall–Kier alpha value is -2.24. The smallest absolute Gasteiger partial charge is 0.345 e. The molecule has 1 amide bonds. The minimum Gasteiger partial charge on any atom is -0.345 e. The highest BCUT2D eigenvalue weighted by atomic mass is 19.4. The normalized spacial score (nSPS) is 13.2. The van der Waals surface area contributed by atoms with Gasteiger partial charge in [-0.3, -0.25) is 4.79 Å². The van der Waals surface area contributed by atoms with Crippen LogP contribution >= 0.6 is 0 Å². The van der Waals surface area contributed by atoms with Crippen molar-refractivity contribution in [3.63, 3.8) is 0 Å². The summed E-state index contributed by atoms with van der Waals surface area (Å²) in [6, 6.07) is 9.27. The number of nitrogens with zero attached hydrogens (tertiary/aromatic N) is 2. The topological polar surface area (TPSA) is 25.2 Å². The summed E-state index contributed by atoms with van der Waals surface area (Å²) in [6.45, 7) is 12.3. The van der Waals surface area contributed by atoms with Crippen LogP contribution < -0.4 is 0 Å². The average molecular weight is 465 g/mol. The van der Waals surface area contributed by atoms with E-state index in [4.69, 9.17) is 0 Å². The number of alkyl halides is 3. The van der Waals surface area contributed by atoms with Gasteiger partial charge in [-0.25, -0.2) is 0 Å². The number of hydrogen-bond acceptors (Lipinski definition) is 1. The van der Waals surface area contributed by atoms with E-state index in [1.165, 1.54) is 12.1 Å². The third-order valence-corrected chi connectivity index (χ3v) is 5.75. The van der Waals surface area contributed by atoms with Crippen LogP contribution in [0.5, 0.6) is 0 Å². The van der Waals surface area contributed by atoms with Gasteiger partial charge in [0.1, 0.15) is 0 Å². The maximum atomic E-state index is 13.2. The molecule has 0 bridgehead atoms. The molecule has 0 aliphatic heterocycles. The lowest BCUT2D eigenvalue weighted by Crippen LogP contribution is -2.33. The van der Waals surface area contributed by atoms with Gasteiger partial charge in [0, 0.05) is 31.4 Å². The minimum absolute atomic E-state index is 0.148. The summed E-state index contributed by atoms with van der Waals surface area (Å²) in [5, 5.41) is 0. The van der Waals surface area contributed by atoms with Crippen molar-refractivity contribution in [2.75, 3.05) is 6.54 Å². The second-order valence-electron chi connectivity index (χ2n) is 10.4. The predicted octanol–water partition coefficient (Wildman–Crippen LogP) is 7.54. The lowest BCUT2D eigenvalue weighted by molar-refractivity contribution is -0.137. The van der Waals surface area contributed by atoms with Crippen LogP contribution in [0, 0.1) is 11.3 Å². The first-order valence-electron chi connectivity index (χ1n) is 12.0.